The van der Waals surface area contributed by atoms with E-state index in [4.69, 9.17) is 52.1 Å². The van der Waals surface area contributed by atoms with Crippen LogP contribution in [-0.2, 0) is 0 Å². The van der Waals surface area contributed by atoms with Crippen molar-refractivity contribution in [2.75, 3.05) is 5.73 Å². The largest absolute Gasteiger partial charge is 0.384 e. The number of benzene rings is 2. The molecule has 1 aromatic heterocycles. The molecule has 0 saturated heterocycles. The summed E-state index contributed by atoms with van der Waals surface area (Å²) in [4.78, 5) is 0. The molecule has 0 unspecified atom stereocenters. The highest BCUT2D eigenvalue weighted by molar-refractivity contribution is 6.40. The van der Waals surface area contributed by atoms with Crippen LogP contribution in [0.3, 0.4) is 0 Å². The summed E-state index contributed by atoms with van der Waals surface area (Å²) in [7, 11) is 0. The third-order valence-electron chi connectivity index (χ3n) is 3.07. The Bertz CT molecular complexity index is 817. The van der Waals surface area contributed by atoms with Crippen molar-refractivity contribution >= 4 is 52.2 Å². The number of hydrogen-bond acceptors (Lipinski definition) is 2. The van der Waals surface area contributed by atoms with Gasteiger partial charge in [0.15, 0.2) is 0 Å². The van der Waals surface area contributed by atoms with E-state index in [1.807, 2.05) is 12.1 Å². The Morgan fingerprint density at radius 1 is 0.818 bits per heavy atom. The molecule has 0 bridgehead atoms. The molecule has 0 atom stereocenters. The lowest BCUT2D eigenvalue weighted by atomic mass is 10.1. The van der Waals surface area contributed by atoms with Gasteiger partial charge in [-0.2, -0.15) is 5.10 Å². The smallest absolute Gasteiger partial charge is 0.127 e. The van der Waals surface area contributed by atoms with Gasteiger partial charge in [-0.25, -0.2) is 4.68 Å². The molecule has 3 nitrogen and oxygen atoms in total. The number of anilines is 1. The first-order chi connectivity index (χ1) is 10.5. The van der Waals surface area contributed by atoms with E-state index in [1.165, 1.54) is 4.68 Å². The summed E-state index contributed by atoms with van der Waals surface area (Å²) in [5.41, 5.74) is 8.11. The zero-order valence-electron chi connectivity index (χ0n) is 11.0. The van der Waals surface area contributed by atoms with Crippen molar-refractivity contribution in [1.29, 1.82) is 0 Å². The summed E-state index contributed by atoms with van der Waals surface area (Å²) in [6, 6.07) is 12.2. The van der Waals surface area contributed by atoms with Crippen LogP contribution in [0.1, 0.15) is 0 Å². The van der Waals surface area contributed by atoms with Gasteiger partial charge in [-0.05, 0) is 24.3 Å². The zero-order chi connectivity index (χ0) is 15.9. The highest BCUT2D eigenvalue weighted by Crippen LogP contribution is 2.34. The van der Waals surface area contributed by atoms with Gasteiger partial charge in [0, 0.05) is 21.7 Å². The van der Waals surface area contributed by atoms with E-state index in [-0.39, 0.29) is 0 Å². The van der Waals surface area contributed by atoms with Crippen molar-refractivity contribution in [3.05, 3.63) is 62.6 Å². The average molecular weight is 373 g/mol. The van der Waals surface area contributed by atoms with Gasteiger partial charge in [-0.1, -0.05) is 58.5 Å². The summed E-state index contributed by atoms with van der Waals surface area (Å²) in [6.07, 6.45) is 0. The predicted molar refractivity (Wildman–Crippen MR) is 93.5 cm³/mol. The SMILES string of the molecule is Nc1cc(-c2ccc(Cl)cc2)nn1-c1c(Cl)cc(Cl)cc1Cl. The molecule has 0 radical (unpaired) electrons. The van der Waals surface area contributed by atoms with Crippen LogP contribution in [0.4, 0.5) is 5.82 Å². The maximum absolute atomic E-state index is 6.21. The molecule has 0 fully saturated rings. The Morgan fingerprint density at radius 3 is 2.00 bits per heavy atom. The van der Waals surface area contributed by atoms with Gasteiger partial charge in [0.2, 0.25) is 0 Å². The Balaban J connectivity index is 2.12. The van der Waals surface area contributed by atoms with E-state index in [0.717, 1.165) is 5.56 Å². The van der Waals surface area contributed by atoms with E-state index in [1.54, 1.807) is 30.3 Å². The van der Waals surface area contributed by atoms with Gasteiger partial charge in [-0.3, -0.25) is 0 Å². The monoisotopic (exact) mass is 371 g/mol. The summed E-state index contributed by atoms with van der Waals surface area (Å²) in [5.74, 6) is 0.413. The summed E-state index contributed by atoms with van der Waals surface area (Å²) < 4.78 is 1.49. The molecular weight excluding hydrogens is 364 g/mol. The Morgan fingerprint density at radius 2 is 1.41 bits per heavy atom. The zero-order valence-corrected chi connectivity index (χ0v) is 14.0. The van der Waals surface area contributed by atoms with Gasteiger partial charge in [-0.15, -0.1) is 0 Å². The number of nitrogens with zero attached hydrogens (tertiary/aromatic N) is 2. The van der Waals surface area contributed by atoms with Gasteiger partial charge < -0.3 is 5.73 Å². The minimum absolute atomic E-state index is 0.370. The molecule has 2 N–H and O–H groups in total. The molecule has 112 valence electrons. The van der Waals surface area contributed by atoms with E-state index in [2.05, 4.69) is 5.10 Å². The van der Waals surface area contributed by atoms with E-state index in [0.29, 0.717) is 37.3 Å². The van der Waals surface area contributed by atoms with Crippen LogP contribution in [0, 0.1) is 0 Å². The van der Waals surface area contributed by atoms with Crippen LogP contribution in [0.2, 0.25) is 20.1 Å². The lowest BCUT2D eigenvalue weighted by molar-refractivity contribution is 0.895. The van der Waals surface area contributed by atoms with Gasteiger partial charge >= 0.3 is 0 Å². The molecule has 3 aromatic rings. The fraction of sp³-hybridized carbons (Fsp3) is 0. The lowest BCUT2D eigenvalue weighted by Gasteiger charge is -2.09. The van der Waals surface area contributed by atoms with Crippen molar-refractivity contribution in [3.8, 4) is 16.9 Å². The van der Waals surface area contributed by atoms with Crippen molar-refractivity contribution in [2.45, 2.75) is 0 Å². The van der Waals surface area contributed by atoms with Gasteiger partial charge in [0.25, 0.3) is 0 Å². The fourth-order valence-corrected chi connectivity index (χ4v) is 3.18. The van der Waals surface area contributed by atoms with Crippen molar-refractivity contribution in [1.82, 2.24) is 9.78 Å². The third kappa shape index (κ3) is 2.90. The van der Waals surface area contributed by atoms with Gasteiger partial charge in [0.05, 0.1) is 15.7 Å². The molecule has 0 aliphatic rings. The van der Waals surface area contributed by atoms with E-state index >= 15 is 0 Å². The number of nitrogen functional groups attached to an aromatic ring is 1. The maximum Gasteiger partial charge on any atom is 0.127 e. The lowest BCUT2D eigenvalue weighted by Crippen LogP contribution is -2.03. The van der Waals surface area contributed by atoms with Crippen molar-refractivity contribution in [3.63, 3.8) is 0 Å². The molecule has 7 heteroatoms. The fourth-order valence-electron chi connectivity index (χ4n) is 2.07. The molecule has 0 aliphatic carbocycles. The van der Waals surface area contributed by atoms with Crippen molar-refractivity contribution in [2.24, 2.45) is 0 Å². The highest BCUT2D eigenvalue weighted by atomic mass is 35.5. The van der Waals surface area contributed by atoms with Crippen LogP contribution in [0.25, 0.3) is 16.9 Å². The first-order valence-corrected chi connectivity index (χ1v) is 7.73. The minimum atomic E-state index is 0.370. The molecular formula is C15H9Cl4N3. The number of rotatable bonds is 2. The normalized spacial score (nSPS) is 10.9. The Labute approximate surface area is 147 Å². The first-order valence-electron chi connectivity index (χ1n) is 6.22. The van der Waals surface area contributed by atoms with Crippen LogP contribution in [0.5, 0.6) is 0 Å². The highest BCUT2D eigenvalue weighted by Gasteiger charge is 2.15. The predicted octanol–water partition coefficient (Wildman–Crippen LogP) is 5.74. The molecule has 0 aliphatic heterocycles. The van der Waals surface area contributed by atoms with E-state index in [9.17, 15) is 0 Å². The van der Waals surface area contributed by atoms with Crippen LogP contribution in [-0.4, -0.2) is 9.78 Å². The minimum Gasteiger partial charge on any atom is -0.384 e. The van der Waals surface area contributed by atoms with Crippen LogP contribution in [0.15, 0.2) is 42.5 Å². The average Bonchev–Trinajstić information content (AvgIpc) is 2.80. The first kappa shape index (κ1) is 15.5. The van der Waals surface area contributed by atoms with Crippen LogP contribution < -0.4 is 5.73 Å². The second-order valence-electron chi connectivity index (χ2n) is 4.59. The second-order valence-corrected chi connectivity index (χ2v) is 6.28. The molecule has 22 heavy (non-hydrogen) atoms. The maximum atomic E-state index is 6.21. The van der Waals surface area contributed by atoms with Crippen molar-refractivity contribution < 1.29 is 0 Å². The standard InChI is InChI=1S/C15H9Cl4N3/c16-9-3-1-8(2-4-9)13-7-14(20)22(21-13)15-11(18)5-10(17)6-12(15)19/h1-7H,20H2. The van der Waals surface area contributed by atoms with Crippen LogP contribution >= 0.6 is 46.4 Å². The summed E-state index contributed by atoms with van der Waals surface area (Å²) >= 11 is 24.2. The summed E-state index contributed by atoms with van der Waals surface area (Å²) in [6.45, 7) is 0. The Hall–Kier alpha value is -1.39. The Kier molecular flexibility index (Phi) is 4.24. The number of aromatic nitrogens is 2. The van der Waals surface area contributed by atoms with Gasteiger partial charge in [0.1, 0.15) is 11.5 Å². The number of halogens is 4. The summed E-state index contributed by atoms with van der Waals surface area (Å²) in [5, 5.41) is 6.31. The van der Waals surface area contributed by atoms with E-state index < -0.39 is 0 Å². The quantitative estimate of drug-likeness (QED) is 0.623. The second kappa shape index (κ2) is 6.01. The number of hydrogen-bond donors (Lipinski definition) is 1. The molecule has 0 saturated carbocycles. The third-order valence-corrected chi connectivity index (χ3v) is 4.12. The molecule has 0 spiro atoms. The molecule has 3 rings (SSSR count). The molecule has 1 heterocycles. The number of nitrogens with two attached hydrogens (primary N) is 1. The molecule has 2 aromatic carbocycles. The molecule has 0 amide bonds. The topological polar surface area (TPSA) is 43.8 Å².